The average molecular weight is 610 g/mol. The lowest BCUT2D eigenvalue weighted by Crippen LogP contribution is -2.50. The molecule has 13 heteroatoms. The van der Waals surface area contributed by atoms with Crippen molar-refractivity contribution in [3.8, 4) is 0 Å². The number of carbonyl (C=O) groups excluding carboxylic acids is 3. The number of nitrogens with zero attached hydrogens (tertiary/aromatic N) is 4. The summed E-state index contributed by atoms with van der Waals surface area (Å²) in [6.45, 7) is -0.296. The van der Waals surface area contributed by atoms with Crippen molar-refractivity contribution in [2.75, 3.05) is 0 Å². The lowest BCUT2D eigenvalue weighted by Gasteiger charge is -2.30. The Labute approximate surface area is 215 Å². The molecular formula is C22H18Br2N4O7. The molecule has 35 heavy (non-hydrogen) atoms. The molecule has 1 heterocycles. The summed E-state index contributed by atoms with van der Waals surface area (Å²) < 4.78 is 0. The summed E-state index contributed by atoms with van der Waals surface area (Å²) >= 11 is 7.04. The number of nitro benzene ring substituents is 2. The van der Waals surface area contributed by atoms with Gasteiger partial charge in [0.05, 0.1) is 28.2 Å². The van der Waals surface area contributed by atoms with E-state index in [4.69, 9.17) is 0 Å². The molecule has 4 atom stereocenters. The summed E-state index contributed by atoms with van der Waals surface area (Å²) in [6, 6.07) is 10.5. The van der Waals surface area contributed by atoms with Gasteiger partial charge in [0, 0.05) is 27.9 Å². The average Bonchev–Trinajstić information content (AvgIpc) is 3.06. The molecule has 2 aromatic carbocycles. The van der Waals surface area contributed by atoms with E-state index in [1.807, 2.05) is 0 Å². The number of imide groups is 1. The maximum absolute atomic E-state index is 13.6. The molecule has 1 aliphatic carbocycles. The second kappa shape index (κ2) is 9.82. The second-order valence-corrected chi connectivity index (χ2v) is 10.6. The molecule has 182 valence electrons. The first kappa shape index (κ1) is 24.9. The second-order valence-electron chi connectivity index (χ2n) is 8.27. The zero-order valence-electron chi connectivity index (χ0n) is 18.0. The Kier molecular flexibility index (Phi) is 6.99. The van der Waals surface area contributed by atoms with Crippen LogP contribution in [0.5, 0.6) is 0 Å². The standard InChI is InChI=1S/C22H18Br2N4O7/c23-17-9-15-16(10-18(17)24)22(31)26(21(15)30)25(11-12-5-7-13(8-6-12)27(32)33)20(29)14-3-1-2-4-19(14)28(34)35/h1-8,15-18H,9-11H2/t15-,16-,17+,18+/m1/s1. The van der Waals surface area contributed by atoms with Gasteiger partial charge in [-0.2, -0.15) is 5.01 Å². The van der Waals surface area contributed by atoms with E-state index in [-0.39, 0.29) is 27.4 Å². The number of carbonyl (C=O) groups is 3. The van der Waals surface area contributed by atoms with Gasteiger partial charge in [-0.25, -0.2) is 5.01 Å². The molecule has 0 radical (unpaired) electrons. The van der Waals surface area contributed by atoms with E-state index in [1.54, 1.807) is 0 Å². The van der Waals surface area contributed by atoms with Gasteiger partial charge in [-0.05, 0) is 24.5 Å². The van der Waals surface area contributed by atoms with Crippen LogP contribution in [0.4, 0.5) is 11.4 Å². The van der Waals surface area contributed by atoms with Crippen LogP contribution in [0, 0.1) is 32.1 Å². The predicted octanol–water partition coefficient (Wildman–Crippen LogP) is 3.98. The maximum atomic E-state index is 13.6. The van der Waals surface area contributed by atoms with Crippen molar-refractivity contribution in [1.29, 1.82) is 0 Å². The summed E-state index contributed by atoms with van der Waals surface area (Å²) in [7, 11) is 0. The largest absolute Gasteiger partial charge is 0.282 e. The molecule has 2 aromatic rings. The molecule has 0 unspecified atom stereocenters. The van der Waals surface area contributed by atoms with Crippen LogP contribution in [0.2, 0.25) is 0 Å². The van der Waals surface area contributed by atoms with Gasteiger partial charge in [0.1, 0.15) is 5.56 Å². The molecule has 1 saturated heterocycles. The first-order valence-corrected chi connectivity index (χ1v) is 12.4. The molecule has 2 aliphatic rings. The SMILES string of the molecule is O=C(c1ccccc1[N+](=O)[O-])N(Cc1ccc([N+](=O)[O-])cc1)N1C(=O)[C@@H]2C[C@H](Br)[C@@H](Br)C[C@H]2C1=O. The number of rotatable bonds is 6. The Morgan fingerprint density at radius 1 is 0.914 bits per heavy atom. The van der Waals surface area contributed by atoms with Crippen LogP contribution in [0.3, 0.4) is 0 Å². The fraction of sp³-hybridized carbons (Fsp3) is 0.318. The zero-order chi connectivity index (χ0) is 25.4. The predicted molar refractivity (Wildman–Crippen MR) is 130 cm³/mol. The van der Waals surface area contributed by atoms with Crippen molar-refractivity contribution in [2.45, 2.75) is 29.0 Å². The third kappa shape index (κ3) is 4.69. The number of hydrogen-bond acceptors (Lipinski definition) is 7. The highest BCUT2D eigenvalue weighted by Crippen LogP contribution is 2.44. The summed E-state index contributed by atoms with van der Waals surface area (Å²) in [5.41, 5.74) is -0.526. The fourth-order valence-corrected chi connectivity index (χ4v) is 5.63. The molecule has 0 bridgehead atoms. The van der Waals surface area contributed by atoms with E-state index in [9.17, 15) is 34.6 Å². The summed E-state index contributed by atoms with van der Waals surface area (Å²) in [5, 5.41) is 24.2. The highest BCUT2D eigenvalue weighted by atomic mass is 79.9. The zero-order valence-corrected chi connectivity index (χ0v) is 21.1. The number of amides is 3. The third-order valence-corrected chi connectivity index (χ3v) is 8.91. The number of hydrogen-bond donors (Lipinski definition) is 0. The van der Waals surface area contributed by atoms with Crippen LogP contribution in [0.15, 0.2) is 48.5 Å². The molecule has 0 aromatic heterocycles. The highest BCUT2D eigenvalue weighted by molar-refractivity contribution is 9.12. The quantitative estimate of drug-likeness (QED) is 0.208. The third-order valence-electron chi connectivity index (χ3n) is 6.17. The van der Waals surface area contributed by atoms with Gasteiger partial charge >= 0.3 is 0 Å². The number of para-hydroxylation sites is 1. The molecule has 4 rings (SSSR count). The van der Waals surface area contributed by atoms with Crippen molar-refractivity contribution in [1.82, 2.24) is 10.0 Å². The van der Waals surface area contributed by atoms with Crippen LogP contribution < -0.4 is 0 Å². The van der Waals surface area contributed by atoms with Gasteiger partial charge in [-0.1, -0.05) is 56.1 Å². The van der Waals surface area contributed by atoms with Crippen molar-refractivity contribution >= 4 is 61.0 Å². The molecule has 1 saturated carbocycles. The Morgan fingerprint density at radius 3 is 1.97 bits per heavy atom. The van der Waals surface area contributed by atoms with E-state index in [0.29, 0.717) is 18.4 Å². The lowest BCUT2D eigenvalue weighted by atomic mass is 9.81. The minimum Gasteiger partial charge on any atom is -0.272 e. The van der Waals surface area contributed by atoms with Gasteiger partial charge in [-0.15, -0.1) is 0 Å². The van der Waals surface area contributed by atoms with E-state index in [1.165, 1.54) is 42.5 Å². The lowest BCUT2D eigenvalue weighted by molar-refractivity contribution is -0.385. The first-order chi connectivity index (χ1) is 16.6. The van der Waals surface area contributed by atoms with Crippen LogP contribution in [-0.4, -0.2) is 47.2 Å². The molecule has 0 spiro atoms. The van der Waals surface area contributed by atoms with Crippen molar-refractivity contribution in [2.24, 2.45) is 11.8 Å². The Hall–Kier alpha value is -3.19. The summed E-state index contributed by atoms with van der Waals surface area (Å²) in [4.78, 5) is 61.5. The van der Waals surface area contributed by atoms with Crippen LogP contribution in [0.1, 0.15) is 28.8 Å². The van der Waals surface area contributed by atoms with E-state index in [0.717, 1.165) is 16.1 Å². The Morgan fingerprint density at radius 2 is 1.46 bits per heavy atom. The van der Waals surface area contributed by atoms with Crippen molar-refractivity contribution < 1.29 is 24.2 Å². The van der Waals surface area contributed by atoms with Crippen molar-refractivity contribution in [3.05, 3.63) is 79.9 Å². The molecule has 0 N–H and O–H groups in total. The smallest absolute Gasteiger partial charge is 0.272 e. The number of fused-ring (bicyclic) bond motifs is 1. The monoisotopic (exact) mass is 608 g/mol. The minimum absolute atomic E-state index is 0.0468. The maximum Gasteiger partial charge on any atom is 0.282 e. The molecule has 1 aliphatic heterocycles. The van der Waals surface area contributed by atoms with E-state index < -0.39 is 45.1 Å². The van der Waals surface area contributed by atoms with Crippen LogP contribution in [-0.2, 0) is 16.1 Å². The first-order valence-electron chi connectivity index (χ1n) is 10.5. The topological polar surface area (TPSA) is 144 Å². The van der Waals surface area contributed by atoms with Gasteiger partial charge in [0.25, 0.3) is 29.1 Å². The Balaban J connectivity index is 1.75. The van der Waals surface area contributed by atoms with E-state index in [2.05, 4.69) is 31.9 Å². The number of non-ortho nitro benzene ring substituents is 1. The summed E-state index contributed by atoms with van der Waals surface area (Å²) in [6.07, 6.45) is 0.763. The summed E-state index contributed by atoms with van der Waals surface area (Å²) in [5.74, 6) is -3.30. The van der Waals surface area contributed by atoms with Gasteiger partial charge in [0.15, 0.2) is 0 Å². The molecular weight excluding hydrogens is 592 g/mol. The fourth-order valence-electron chi connectivity index (χ4n) is 4.40. The minimum atomic E-state index is -0.901. The van der Waals surface area contributed by atoms with Gasteiger partial charge in [0.2, 0.25) is 0 Å². The number of alkyl halides is 2. The molecule has 3 amide bonds. The van der Waals surface area contributed by atoms with E-state index >= 15 is 0 Å². The number of halogens is 2. The van der Waals surface area contributed by atoms with Crippen molar-refractivity contribution in [3.63, 3.8) is 0 Å². The number of hydrazine groups is 1. The number of nitro groups is 2. The Bertz CT molecular complexity index is 1190. The molecule has 11 nitrogen and oxygen atoms in total. The normalized spacial score (nSPS) is 23.7. The molecule has 2 fully saturated rings. The van der Waals surface area contributed by atoms with Gasteiger partial charge in [-0.3, -0.25) is 34.6 Å². The van der Waals surface area contributed by atoms with Gasteiger partial charge < -0.3 is 0 Å². The van der Waals surface area contributed by atoms with Crippen LogP contribution in [0.25, 0.3) is 0 Å². The van der Waals surface area contributed by atoms with Crippen LogP contribution >= 0.6 is 31.9 Å². The highest BCUT2D eigenvalue weighted by Gasteiger charge is 2.54. The number of benzene rings is 2.